The summed E-state index contributed by atoms with van der Waals surface area (Å²) in [5, 5.41) is 17.1. The van der Waals surface area contributed by atoms with Crippen molar-refractivity contribution in [2.24, 2.45) is 25.6 Å². The summed E-state index contributed by atoms with van der Waals surface area (Å²) in [6, 6.07) is 0. The van der Waals surface area contributed by atoms with Crippen LogP contribution in [0.5, 0.6) is 0 Å². The number of nitrogens with two attached hydrogens (primary N) is 2. The number of carbonyl (C=O) groups excluding carboxylic acids is 1. The average molecular weight is 425 g/mol. The van der Waals surface area contributed by atoms with Crippen molar-refractivity contribution in [1.29, 1.82) is 5.41 Å². The Morgan fingerprint density at radius 2 is 2.10 bits per heavy atom. The van der Waals surface area contributed by atoms with Crippen molar-refractivity contribution in [3.8, 4) is 0 Å². The molecule has 4 heterocycles. The number of amides is 1. The van der Waals surface area contributed by atoms with Crippen LogP contribution in [0.4, 0.5) is 0 Å². The van der Waals surface area contributed by atoms with E-state index in [9.17, 15) is 9.59 Å². The number of hydrogen-bond donors (Lipinski definition) is 3. The van der Waals surface area contributed by atoms with Crippen LogP contribution >= 0.6 is 11.3 Å². The Labute approximate surface area is 173 Å². The second kappa shape index (κ2) is 7.22. The van der Waals surface area contributed by atoms with Gasteiger partial charge in [-0.15, -0.1) is 11.3 Å². The van der Waals surface area contributed by atoms with Gasteiger partial charge in [-0.3, -0.25) is 14.3 Å². The van der Waals surface area contributed by atoms with E-state index >= 15 is 0 Å². The first kappa shape index (κ1) is 19.5. The standard InChI is InChI=1S/C18H19N9O2S/c1-25-7-11(16(21)28)12(24-25)8-27-18(29)14-10(6-22-27)15-17(26(14)2)23-13(30-15)5-9(20)3-4-19/h3-4,6-7,19H,5,8,20H2,1-2H3,(H2,21,28). The maximum atomic E-state index is 13.1. The molecule has 0 aliphatic heterocycles. The van der Waals surface area contributed by atoms with Gasteiger partial charge in [-0.05, 0) is 6.08 Å². The third-order valence-electron chi connectivity index (χ3n) is 4.69. The number of primary amides is 1. The molecule has 0 aromatic carbocycles. The van der Waals surface area contributed by atoms with Crippen LogP contribution < -0.4 is 17.0 Å². The Morgan fingerprint density at radius 3 is 2.80 bits per heavy atom. The zero-order valence-electron chi connectivity index (χ0n) is 16.3. The second-order valence-electron chi connectivity index (χ2n) is 6.80. The predicted molar refractivity (Wildman–Crippen MR) is 114 cm³/mol. The van der Waals surface area contributed by atoms with Crippen LogP contribution in [0.2, 0.25) is 0 Å². The van der Waals surface area contributed by atoms with E-state index in [0.717, 1.165) is 15.9 Å². The normalized spacial score (nSPS) is 12.1. The molecule has 0 fully saturated rings. The van der Waals surface area contributed by atoms with Gasteiger partial charge in [-0.1, -0.05) is 0 Å². The zero-order chi connectivity index (χ0) is 21.6. The van der Waals surface area contributed by atoms with E-state index in [1.807, 2.05) is 0 Å². The Kier molecular flexibility index (Phi) is 4.70. The summed E-state index contributed by atoms with van der Waals surface area (Å²) in [7, 11) is 3.44. The SMILES string of the molecule is Cn1cc(C(N)=O)c(Cn2ncc3c4sc(CC(N)=CC=N)nc4n(C)c3c2=O)n1. The Hall–Kier alpha value is -3.80. The van der Waals surface area contributed by atoms with E-state index < -0.39 is 5.91 Å². The van der Waals surface area contributed by atoms with Gasteiger partial charge in [0.2, 0.25) is 0 Å². The van der Waals surface area contributed by atoms with Crippen LogP contribution in [0.25, 0.3) is 21.3 Å². The smallest absolute Gasteiger partial charge is 0.291 e. The van der Waals surface area contributed by atoms with Gasteiger partial charge >= 0.3 is 0 Å². The molecule has 0 saturated carbocycles. The van der Waals surface area contributed by atoms with Crippen molar-refractivity contribution in [2.45, 2.75) is 13.0 Å². The summed E-state index contributed by atoms with van der Waals surface area (Å²) in [5.74, 6) is -0.611. The number of allylic oxidation sites excluding steroid dienone is 2. The van der Waals surface area contributed by atoms with E-state index in [0.29, 0.717) is 34.4 Å². The van der Waals surface area contributed by atoms with Crippen LogP contribution in [0.15, 0.2) is 29.0 Å². The summed E-state index contributed by atoms with van der Waals surface area (Å²) in [6.07, 6.45) is 6.21. The number of hydrogen-bond acceptors (Lipinski definition) is 8. The summed E-state index contributed by atoms with van der Waals surface area (Å²) in [4.78, 5) is 29.3. The Morgan fingerprint density at radius 1 is 1.33 bits per heavy atom. The molecule has 0 aliphatic rings. The molecule has 11 nitrogen and oxygen atoms in total. The van der Waals surface area contributed by atoms with E-state index in [1.54, 1.807) is 24.9 Å². The Balaban J connectivity index is 1.79. The van der Waals surface area contributed by atoms with Crippen LogP contribution in [0, 0.1) is 5.41 Å². The molecule has 4 aromatic heterocycles. The minimum Gasteiger partial charge on any atom is -0.402 e. The molecule has 0 unspecified atom stereocenters. The minimum absolute atomic E-state index is 0.0242. The molecule has 154 valence electrons. The first-order valence-electron chi connectivity index (χ1n) is 8.91. The first-order chi connectivity index (χ1) is 14.3. The highest BCUT2D eigenvalue weighted by atomic mass is 32.1. The molecule has 4 rings (SSSR count). The summed E-state index contributed by atoms with van der Waals surface area (Å²) in [5.41, 5.74) is 13.3. The van der Waals surface area contributed by atoms with Crippen LogP contribution in [-0.2, 0) is 27.1 Å². The summed E-state index contributed by atoms with van der Waals surface area (Å²) >= 11 is 1.44. The number of fused-ring (bicyclic) bond motifs is 3. The molecule has 5 N–H and O–H groups in total. The molecule has 0 spiro atoms. The lowest BCUT2D eigenvalue weighted by molar-refractivity contribution is 0.0999. The third-order valence-corrected chi connectivity index (χ3v) is 5.77. The molecular weight excluding hydrogens is 406 g/mol. The topological polar surface area (TPSA) is 163 Å². The van der Waals surface area contributed by atoms with Gasteiger partial charge in [-0.25, -0.2) is 9.67 Å². The fraction of sp³-hybridized carbons (Fsp3) is 0.222. The van der Waals surface area contributed by atoms with Crippen molar-refractivity contribution in [2.75, 3.05) is 0 Å². The fourth-order valence-electron chi connectivity index (χ4n) is 3.36. The van der Waals surface area contributed by atoms with E-state index in [4.69, 9.17) is 16.9 Å². The van der Waals surface area contributed by atoms with Crippen molar-refractivity contribution >= 4 is 44.7 Å². The van der Waals surface area contributed by atoms with Crippen LogP contribution in [-0.4, -0.2) is 41.2 Å². The molecule has 30 heavy (non-hydrogen) atoms. The largest absolute Gasteiger partial charge is 0.402 e. The van der Waals surface area contributed by atoms with Gasteiger partial charge < -0.3 is 21.4 Å². The molecular formula is C18H19N9O2S. The number of aryl methyl sites for hydroxylation is 2. The van der Waals surface area contributed by atoms with E-state index in [2.05, 4.69) is 15.2 Å². The number of rotatable bonds is 6. The quantitative estimate of drug-likeness (QED) is 0.375. The lowest BCUT2D eigenvalue weighted by Crippen LogP contribution is -2.26. The van der Waals surface area contributed by atoms with Crippen molar-refractivity contribution < 1.29 is 4.79 Å². The number of nitrogens with one attached hydrogen (secondary N) is 1. The first-order valence-corrected chi connectivity index (χ1v) is 9.73. The van der Waals surface area contributed by atoms with Gasteiger partial charge in [0.25, 0.3) is 11.5 Å². The Bertz CT molecular complexity index is 1400. The lowest BCUT2D eigenvalue weighted by Gasteiger charge is -2.05. The maximum Gasteiger partial charge on any atom is 0.291 e. The minimum atomic E-state index is -0.611. The molecule has 0 atom stereocenters. The van der Waals surface area contributed by atoms with Crippen LogP contribution in [0.3, 0.4) is 0 Å². The summed E-state index contributed by atoms with van der Waals surface area (Å²) in [6.45, 7) is 0.0242. The highest BCUT2D eigenvalue weighted by molar-refractivity contribution is 7.19. The van der Waals surface area contributed by atoms with Gasteiger partial charge in [0.05, 0.1) is 28.7 Å². The molecule has 4 aromatic rings. The zero-order valence-corrected chi connectivity index (χ0v) is 17.1. The average Bonchev–Trinajstić information content (AvgIpc) is 3.32. The molecule has 0 saturated heterocycles. The van der Waals surface area contributed by atoms with Crippen molar-refractivity contribution in [3.63, 3.8) is 0 Å². The molecule has 1 amide bonds. The van der Waals surface area contributed by atoms with Crippen molar-refractivity contribution in [3.05, 3.63) is 50.8 Å². The third kappa shape index (κ3) is 3.16. The molecule has 0 aliphatic carbocycles. The monoisotopic (exact) mass is 425 g/mol. The predicted octanol–water partition coefficient (Wildman–Crippen LogP) is 0.260. The molecule has 0 bridgehead atoms. The molecule has 12 heteroatoms. The fourth-order valence-corrected chi connectivity index (χ4v) is 4.50. The second-order valence-corrected chi connectivity index (χ2v) is 7.89. The molecule has 0 radical (unpaired) electrons. The van der Waals surface area contributed by atoms with E-state index in [1.165, 1.54) is 33.0 Å². The van der Waals surface area contributed by atoms with Crippen molar-refractivity contribution in [1.82, 2.24) is 29.1 Å². The summed E-state index contributed by atoms with van der Waals surface area (Å²) < 4.78 is 5.31. The van der Waals surface area contributed by atoms with Gasteiger partial charge in [-0.2, -0.15) is 10.2 Å². The van der Waals surface area contributed by atoms with Gasteiger partial charge in [0, 0.05) is 44.0 Å². The highest BCUT2D eigenvalue weighted by Gasteiger charge is 2.20. The highest BCUT2D eigenvalue weighted by Crippen LogP contribution is 2.31. The van der Waals surface area contributed by atoms with Crippen LogP contribution in [0.1, 0.15) is 21.1 Å². The number of thiazole rings is 1. The number of nitrogens with zero attached hydrogens (tertiary/aromatic N) is 6. The number of carbonyl (C=O) groups is 1. The van der Waals surface area contributed by atoms with Gasteiger partial charge in [0.15, 0.2) is 5.65 Å². The maximum absolute atomic E-state index is 13.1. The lowest BCUT2D eigenvalue weighted by atomic mass is 10.2. The van der Waals surface area contributed by atoms with Gasteiger partial charge in [0.1, 0.15) is 10.5 Å². The number of aromatic nitrogens is 6. The van der Waals surface area contributed by atoms with E-state index in [-0.39, 0.29) is 17.7 Å².